The number of amidine groups is 1. The molecule has 0 aliphatic carbocycles. The quantitative estimate of drug-likeness (QED) is 0.376. The normalized spacial score (nSPS) is 9.91. The van der Waals surface area contributed by atoms with Gasteiger partial charge >= 0.3 is 0 Å². The Kier molecular flexibility index (Phi) is 2.48. The van der Waals surface area contributed by atoms with Crippen LogP contribution in [0.4, 0.5) is 0 Å². The number of thioether (sulfide) groups is 1. The van der Waals surface area contributed by atoms with Gasteiger partial charge in [0, 0.05) is 7.05 Å². The minimum Gasteiger partial charge on any atom is -0.387 e. The highest BCUT2D eigenvalue weighted by molar-refractivity contribution is 7.99. The Morgan fingerprint density at radius 1 is 1.91 bits per heavy atom. The lowest BCUT2D eigenvalue weighted by molar-refractivity contribution is 0.789. The summed E-state index contributed by atoms with van der Waals surface area (Å²) in [6.45, 7) is 0. The van der Waals surface area contributed by atoms with Gasteiger partial charge in [-0.1, -0.05) is 11.8 Å². The van der Waals surface area contributed by atoms with Crippen molar-refractivity contribution in [3.05, 3.63) is 6.33 Å². The number of nitrogens with zero attached hydrogens (tertiary/aromatic N) is 3. The second-order valence-electron chi connectivity index (χ2n) is 2.04. The van der Waals surface area contributed by atoms with E-state index in [1.165, 1.54) is 11.8 Å². The van der Waals surface area contributed by atoms with E-state index in [1.807, 2.05) is 7.05 Å². The number of nitrogens with two attached hydrogens (primary N) is 1. The third kappa shape index (κ3) is 2.23. The predicted octanol–water partition coefficient (Wildman–Crippen LogP) is -0.157. The molecule has 6 heteroatoms. The first-order valence-electron chi connectivity index (χ1n) is 3.00. The maximum absolute atomic E-state index is 6.97. The van der Waals surface area contributed by atoms with Crippen LogP contribution in [0.15, 0.2) is 11.5 Å². The van der Waals surface area contributed by atoms with E-state index in [0.717, 1.165) is 5.16 Å². The van der Waals surface area contributed by atoms with Gasteiger partial charge in [0.05, 0.1) is 5.75 Å². The lowest BCUT2D eigenvalue weighted by Crippen LogP contribution is -2.12. The van der Waals surface area contributed by atoms with Crippen LogP contribution in [0.2, 0.25) is 0 Å². The summed E-state index contributed by atoms with van der Waals surface area (Å²) in [6, 6.07) is 0. The molecule has 0 saturated carbocycles. The fraction of sp³-hybridized carbons (Fsp3) is 0.400. The Morgan fingerprint density at radius 2 is 2.64 bits per heavy atom. The SMILES string of the molecule is Cn1cnnc1SCC(=N)N. The number of hydrogen-bond donors (Lipinski definition) is 2. The highest BCUT2D eigenvalue weighted by atomic mass is 32.2. The molecule has 5 nitrogen and oxygen atoms in total. The van der Waals surface area contributed by atoms with Gasteiger partial charge in [0.15, 0.2) is 5.16 Å². The van der Waals surface area contributed by atoms with E-state index < -0.39 is 0 Å². The maximum Gasteiger partial charge on any atom is 0.191 e. The maximum atomic E-state index is 6.97. The highest BCUT2D eigenvalue weighted by Gasteiger charge is 2.00. The van der Waals surface area contributed by atoms with Crippen molar-refractivity contribution in [3.63, 3.8) is 0 Å². The highest BCUT2D eigenvalue weighted by Crippen LogP contribution is 2.11. The first-order chi connectivity index (χ1) is 5.20. The summed E-state index contributed by atoms with van der Waals surface area (Å²) in [7, 11) is 1.85. The largest absolute Gasteiger partial charge is 0.387 e. The third-order valence-electron chi connectivity index (χ3n) is 1.03. The van der Waals surface area contributed by atoms with E-state index in [2.05, 4.69) is 10.2 Å². The molecule has 0 aliphatic heterocycles. The van der Waals surface area contributed by atoms with Crippen molar-refractivity contribution in [2.75, 3.05) is 5.75 Å². The van der Waals surface area contributed by atoms with Crippen LogP contribution in [-0.4, -0.2) is 26.4 Å². The molecule has 60 valence electrons. The lowest BCUT2D eigenvalue weighted by atomic mass is 10.7. The van der Waals surface area contributed by atoms with Gasteiger partial charge in [-0.15, -0.1) is 10.2 Å². The van der Waals surface area contributed by atoms with Gasteiger partial charge in [-0.3, -0.25) is 5.41 Å². The molecular formula is C5H9N5S. The van der Waals surface area contributed by atoms with Crippen molar-refractivity contribution in [2.45, 2.75) is 5.16 Å². The average Bonchev–Trinajstić information content (AvgIpc) is 2.31. The molecule has 0 aromatic carbocycles. The predicted molar refractivity (Wildman–Crippen MR) is 43.6 cm³/mol. The third-order valence-corrected chi connectivity index (χ3v) is 2.11. The molecule has 1 rings (SSSR count). The molecule has 0 amide bonds. The van der Waals surface area contributed by atoms with Gasteiger partial charge in [-0.2, -0.15) is 0 Å². The monoisotopic (exact) mass is 171 g/mol. The number of aryl methyl sites for hydroxylation is 1. The second kappa shape index (κ2) is 3.38. The molecule has 0 unspecified atom stereocenters. The summed E-state index contributed by atoms with van der Waals surface area (Å²) < 4.78 is 1.79. The smallest absolute Gasteiger partial charge is 0.191 e. The molecular weight excluding hydrogens is 162 g/mol. The Morgan fingerprint density at radius 3 is 3.09 bits per heavy atom. The van der Waals surface area contributed by atoms with Crippen LogP contribution >= 0.6 is 11.8 Å². The molecule has 1 heterocycles. The second-order valence-corrected chi connectivity index (χ2v) is 2.98. The molecule has 3 N–H and O–H groups in total. The Hall–Kier alpha value is -1.04. The van der Waals surface area contributed by atoms with Crippen LogP contribution in [0.1, 0.15) is 0 Å². The van der Waals surface area contributed by atoms with Crippen molar-refractivity contribution in [1.82, 2.24) is 14.8 Å². The number of rotatable bonds is 3. The first kappa shape index (κ1) is 8.06. The molecule has 0 saturated heterocycles. The van der Waals surface area contributed by atoms with Crippen LogP contribution < -0.4 is 5.73 Å². The lowest BCUT2D eigenvalue weighted by Gasteiger charge is -1.96. The van der Waals surface area contributed by atoms with E-state index >= 15 is 0 Å². The molecule has 0 atom stereocenters. The van der Waals surface area contributed by atoms with Crippen molar-refractivity contribution in [1.29, 1.82) is 5.41 Å². The van der Waals surface area contributed by atoms with E-state index in [4.69, 9.17) is 11.1 Å². The van der Waals surface area contributed by atoms with Crippen molar-refractivity contribution in [2.24, 2.45) is 12.8 Å². The van der Waals surface area contributed by atoms with Crippen LogP contribution in [-0.2, 0) is 7.05 Å². The van der Waals surface area contributed by atoms with Crippen LogP contribution in [0.3, 0.4) is 0 Å². The van der Waals surface area contributed by atoms with Gasteiger partial charge in [0.25, 0.3) is 0 Å². The summed E-state index contributed by atoms with van der Waals surface area (Å²) in [6.07, 6.45) is 1.61. The molecule has 0 radical (unpaired) electrons. The first-order valence-corrected chi connectivity index (χ1v) is 3.98. The number of hydrogen-bond acceptors (Lipinski definition) is 4. The minimum atomic E-state index is 0.151. The minimum absolute atomic E-state index is 0.151. The molecule has 1 aromatic heterocycles. The summed E-state index contributed by atoms with van der Waals surface area (Å²) in [4.78, 5) is 0. The van der Waals surface area contributed by atoms with E-state index in [1.54, 1.807) is 10.9 Å². The number of aromatic nitrogens is 3. The van der Waals surface area contributed by atoms with Crippen LogP contribution in [0.25, 0.3) is 0 Å². The fourth-order valence-electron chi connectivity index (χ4n) is 0.546. The summed E-state index contributed by atoms with van der Waals surface area (Å²) in [5.41, 5.74) is 5.16. The zero-order valence-electron chi connectivity index (χ0n) is 6.11. The van der Waals surface area contributed by atoms with Crippen LogP contribution in [0.5, 0.6) is 0 Å². The summed E-state index contributed by atoms with van der Waals surface area (Å²) >= 11 is 1.40. The van der Waals surface area contributed by atoms with Gasteiger partial charge in [0.1, 0.15) is 12.2 Å². The Bertz CT molecular complexity index is 255. The van der Waals surface area contributed by atoms with Crippen molar-refractivity contribution < 1.29 is 0 Å². The molecule has 0 fully saturated rings. The number of nitrogens with one attached hydrogen (secondary N) is 1. The molecule has 0 spiro atoms. The van der Waals surface area contributed by atoms with Gasteiger partial charge in [-0.25, -0.2) is 0 Å². The fourth-order valence-corrected chi connectivity index (χ4v) is 1.19. The molecule has 0 aliphatic rings. The van der Waals surface area contributed by atoms with Gasteiger partial charge in [0.2, 0.25) is 0 Å². The standard InChI is InChI=1S/C5H9N5S/c1-10-3-8-9-5(10)11-2-4(6)7/h3H,2H2,1H3,(H3,6,7). The van der Waals surface area contributed by atoms with Gasteiger partial charge in [-0.05, 0) is 0 Å². The Balaban J connectivity index is 2.51. The summed E-state index contributed by atoms with van der Waals surface area (Å²) in [5, 5.41) is 15.2. The van der Waals surface area contributed by atoms with Crippen molar-refractivity contribution >= 4 is 17.6 Å². The van der Waals surface area contributed by atoms with E-state index in [0.29, 0.717) is 5.75 Å². The van der Waals surface area contributed by atoms with Crippen LogP contribution in [0, 0.1) is 5.41 Å². The van der Waals surface area contributed by atoms with Gasteiger partial charge < -0.3 is 10.3 Å². The van der Waals surface area contributed by atoms with E-state index in [-0.39, 0.29) is 5.84 Å². The zero-order valence-corrected chi connectivity index (χ0v) is 6.93. The molecule has 1 aromatic rings. The zero-order chi connectivity index (χ0) is 8.27. The topological polar surface area (TPSA) is 80.6 Å². The summed E-state index contributed by atoms with van der Waals surface area (Å²) in [5.74, 6) is 0.616. The van der Waals surface area contributed by atoms with Crippen molar-refractivity contribution in [3.8, 4) is 0 Å². The van der Waals surface area contributed by atoms with E-state index in [9.17, 15) is 0 Å². The average molecular weight is 171 g/mol. The Labute approximate surface area is 68.5 Å². The molecule has 0 bridgehead atoms. The molecule has 11 heavy (non-hydrogen) atoms.